The molecule has 1 heterocycles. The SMILES string of the molecule is O=C1C=C[C@]2(O)CC(=O)O[C@@H]2C1. The van der Waals surface area contributed by atoms with E-state index < -0.39 is 17.7 Å². The van der Waals surface area contributed by atoms with Crippen LogP contribution < -0.4 is 0 Å². The summed E-state index contributed by atoms with van der Waals surface area (Å²) in [5, 5.41) is 9.71. The molecule has 0 amide bonds. The molecule has 1 aliphatic carbocycles. The summed E-state index contributed by atoms with van der Waals surface area (Å²) in [5.74, 6) is -0.554. The number of fused-ring (bicyclic) bond motifs is 1. The highest BCUT2D eigenvalue weighted by Gasteiger charge is 2.48. The molecule has 2 rings (SSSR count). The van der Waals surface area contributed by atoms with Crippen LogP contribution in [0, 0.1) is 0 Å². The molecule has 4 heteroatoms. The van der Waals surface area contributed by atoms with Gasteiger partial charge in [-0.3, -0.25) is 9.59 Å². The van der Waals surface area contributed by atoms with Gasteiger partial charge in [0, 0.05) is 0 Å². The number of rotatable bonds is 0. The molecule has 1 aliphatic heterocycles. The second-order valence-corrected chi connectivity index (χ2v) is 3.15. The zero-order valence-corrected chi connectivity index (χ0v) is 6.32. The van der Waals surface area contributed by atoms with Gasteiger partial charge in [0.05, 0.1) is 12.8 Å². The van der Waals surface area contributed by atoms with Crippen LogP contribution >= 0.6 is 0 Å². The van der Waals surface area contributed by atoms with Crippen LogP contribution in [-0.4, -0.2) is 28.6 Å². The lowest BCUT2D eigenvalue weighted by Gasteiger charge is -2.25. The first kappa shape index (κ1) is 7.49. The van der Waals surface area contributed by atoms with Gasteiger partial charge < -0.3 is 9.84 Å². The molecule has 0 saturated carbocycles. The Morgan fingerprint density at radius 1 is 1.58 bits per heavy atom. The maximum Gasteiger partial charge on any atom is 0.309 e. The number of carbonyl (C=O) groups is 2. The topological polar surface area (TPSA) is 63.6 Å². The Hall–Kier alpha value is -1.16. The first-order valence-corrected chi connectivity index (χ1v) is 3.74. The lowest BCUT2D eigenvalue weighted by Crippen LogP contribution is -2.40. The van der Waals surface area contributed by atoms with E-state index in [2.05, 4.69) is 0 Å². The molecule has 1 fully saturated rings. The van der Waals surface area contributed by atoms with Gasteiger partial charge in [0.1, 0.15) is 11.7 Å². The molecule has 0 bridgehead atoms. The number of hydrogen-bond donors (Lipinski definition) is 1. The number of hydrogen-bond acceptors (Lipinski definition) is 4. The van der Waals surface area contributed by atoms with Gasteiger partial charge in [-0.25, -0.2) is 0 Å². The van der Waals surface area contributed by atoms with E-state index in [-0.39, 0.29) is 18.6 Å². The molecule has 0 spiro atoms. The summed E-state index contributed by atoms with van der Waals surface area (Å²) in [4.78, 5) is 21.7. The largest absolute Gasteiger partial charge is 0.458 e. The average Bonchev–Trinajstić information content (AvgIpc) is 2.24. The highest BCUT2D eigenvalue weighted by atomic mass is 16.6. The number of esters is 1. The molecule has 0 radical (unpaired) electrons. The Balaban J connectivity index is 2.32. The highest BCUT2D eigenvalue weighted by molar-refractivity contribution is 5.93. The van der Waals surface area contributed by atoms with Crippen molar-refractivity contribution in [3.05, 3.63) is 12.2 Å². The van der Waals surface area contributed by atoms with E-state index in [1.807, 2.05) is 0 Å². The van der Waals surface area contributed by atoms with Crippen molar-refractivity contribution in [3.8, 4) is 0 Å². The zero-order valence-electron chi connectivity index (χ0n) is 6.32. The number of ether oxygens (including phenoxy) is 1. The molecule has 64 valence electrons. The molecular weight excluding hydrogens is 160 g/mol. The van der Waals surface area contributed by atoms with Gasteiger partial charge in [-0.1, -0.05) is 0 Å². The zero-order chi connectivity index (χ0) is 8.77. The van der Waals surface area contributed by atoms with Crippen molar-refractivity contribution in [1.82, 2.24) is 0 Å². The highest BCUT2D eigenvalue weighted by Crippen LogP contribution is 2.33. The Kier molecular flexibility index (Phi) is 1.35. The lowest BCUT2D eigenvalue weighted by molar-refractivity contribution is -0.143. The minimum Gasteiger partial charge on any atom is -0.458 e. The van der Waals surface area contributed by atoms with Crippen LogP contribution in [0.4, 0.5) is 0 Å². The van der Waals surface area contributed by atoms with Gasteiger partial charge in [-0.05, 0) is 12.2 Å². The van der Waals surface area contributed by atoms with Crippen molar-refractivity contribution in [3.63, 3.8) is 0 Å². The van der Waals surface area contributed by atoms with Crippen molar-refractivity contribution in [2.75, 3.05) is 0 Å². The summed E-state index contributed by atoms with van der Waals surface area (Å²) in [6.45, 7) is 0. The molecule has 0 aromatic heterocycles. The smallest absolute Gasteiger partial charge is 0.309 e. The summed E-state index contributed by atoms with van der Waals surface area (Å²) in [7, 11) is 0. The minimum absolute atomic E-state index is 0.0402. The third kappa shape index (κ3) is 0.956. The first-order valence-electron chi connectivity index (χ1n) is 3.74. The summed E-state index contributed by atoms with van der Waals surface area (Å²) < 4.78 is 4.78. The number of carbonyl (C=O) groups excluding carboxylic acids is 2. The molecule has 0 unspecified atom stereocenters. The van der Waals surface area contributed by atoms with E-state index in [9.17, 15) is 14.7 Å². The molecule has 1 saturated heterocycles. The maximum atomic E-state index is 10.9. The Bertz CT molecular complexity index is 281. The van der Waals surface area contributed by atoms with Crippen LogP contribution in [0.5, 0.6) is 0 Å². The number of ketones is 1. The second-order valence-electron chi connectivity index (χ2n) is 3.15. The van der Waals surface area contributed by atoms with E-state index in [0.29, 0.717) is 0 Å². The monoisotopic (exact) mass is 168 g/mol. The van der Waals surface area contributed by atoms with Crippen molar-refractivity contribution in [2.24, 2.45) is 0 Å². The summed E-state index contributed by atoms with van der Waals surface area (Å²) in [6.07, 6.45) is 2.05. The first-order chi connectivity index (χ1) is 5.60. The molecule has 12 heavy (non-hydrogen) atoms. The third-order valence-electron chi connectivity index (χ3n) is 2.20. The molecule has 2 atom stereocenters. The van der Waals surface area contributed by atoms with E-state index in [1.165, 1.54) is 12.2 Å². The molecule has 0 aromatic rings. The van der Waals surface area contributed by atoms with Crippen LogP contribution in [0.2, 0.25) is 0 Å². The lowest BCUT2D eigenvalue weighted by atomic mass is 9.87. The van der Waals surface area contributed by atoms with E-state index in [0.717, 1.165) is 0 Å². The van der Waals surface area contributed by atoms with Gasteiger partial charge >= 0.3 is 5.97 Å². The van der Waals surface area contributed by atoms with Crippen LogP contribution in [0.1, 0.15) is 12.8 Å². The minimum atomic E-state index is -1.23. The third-order valence-corrected chi connectivity index (χ3v) is 2.20. The van der Waals surface area contributed by atoms with Crippen LogP contribution in [0.15, 0.2) is 12.2 Å². The molecule has 2 aliphatic rings. The molecule has 4 nitrogen and oxygen atoms in total. The molecule has 0 aromatic carbocycles. The van der Waals surface area contributed by atoms with Gasteiger partial charge in [0.25, 0.3) is 0 Å². The Labute approximate surface area is 68.8 Å². The normalized spacial score (nSPS) is 39.6. The predicted molar refractivity (Wildman–Crippen MR) is 38.2 cm³/mol. The standard InChI is InChI=1S/C8H8O4/c9-5-1-2-8(11)4-7(10)12-6(8)3-5/h1-2,6,11H,3-4H2/t6-,8+/m1/s1. The summed E-state index contributed by atoms with van der Waals surface area (Å²) in [5.41, 5.74) is -1.23. The van der Waals surface area contributed by atoms with Gasteiger partial charge in [-0.2, -0.15) is 0 Å². The summed E-state index contributed by atoms with van der Waals surface area (Å²) in [6, 6.07) is 0. The second kappa shape index (κ2) is 2.17. The fourth-order valence-corrected chi connectivity index (χ4v) is 1.52. The number of allylic oxidation sites excluding steroid dienone is 1. The van der Waals surface area contributed by atoms with Crippen molar-refractivity contribution in [2.45, 2.75) is 24.5 Å². The maximum absolute atomic E-state index is 10.9. The quantitative estimate of drug-likeness (QED) is 0.498. The van der Waals surface area contributed by atoms with Crippen molar-refractivity contribution >= 4 is 11.8 Å². The van der Waals surface area contributed by atoms with Crippen LogP contribution in [0.3, 0.4) is 0 Å². The van der Waals surface area contributed by atoms with Gasteiger partial charge in [0.2, 0.25) is 0 Å². The molecular formula is C8H8O4. The fraction of sp³-hybridized carbons (Fsp3) is 0.500. The Morgan fingerprint density at radius 2 is 2.33 bits per heavy atom. The van der Waals surface area contributed by atoms with E-state index >= 15 is 0 Å². The van der Waals surface area contributed by atoms with E-state index in [1.54, 1.807) is 0 Å². The van der Waals surface area contributed by atoms with Crippen molar-refractivity contribution < 1.29 is 19.4 Å². The van der Waals surface area contributed by atoms with Crippen LogP contribution in [-0.2, 0) is 14.3 Å². The number of aliphatic hydroxyl groups is 1. The van der Waals surface area contributed by atoms with Gasteiger partial charge in [0.15, 0.2) is 5.78 Å². The van der Waals surface area contributed by atoms with Crippen LogP contribution in [0.25, 0.3) is 0 Å². The van der Waals surface area contributed by atoms with Crippen molar-refractivity contribution in [1.29, 1.82) is 0 Å². The van der Waals surface area contributed by atoms with Gasteiger partial charge in [-0.15, -0.1) is 0 Å². The fourth-order valence-electron chi connectivity index (χ4n) is 1.52. The predicted octanol–water partition coefficient (Wildman–Crippen LogP) is -0.438. The van der Waals surface area contributed by atoms with E-state index in [4.69, 9.17) is 4.74 Å². The summed E-state index contributed by atoms with van der Waals surface area (Å²) >= 11 is 0. The average molecular weight is 168 g/mol. The Morgan fingerprint density at radius 3 is 3.08 bits per heavy atom. The molecule has 1 N–H and O–H groups in total.